The highest BCUT2D eigenvalue weighted by Crippen LogP contribution is 2.09. The molecule has 0 saturated heterocycles. The maximum atomic E-state index is 12.8. The van der Waals surface area contributed by atoms with Crippen LogP contribution < -0.4 is 16.0 Å². The largest absolute Gasteiger partial charge is 0.481 e. The molecule has 276 valence electrons. The van der Waals surface area contributed by atoms with E-state index in [4.69, 9.17) is 35.2 Å². The van der Waals surface area contributed by atoms with Crippen LogP contribution in [0.4, 0.5) is 0 Å². The fourth-order valence-corrected chi connectivity index (χ4v) is 4.27. The van der Waals surface area contributed by atoms with Gasteiger partial charge in [-0.05, 0) is 32.1 Å². The normalized spacial score (nSPS) is 12.9. The van der Waals surface area contributed by atoms with Crippen molar-refractivity contribution in [3.05, 3.63) is 0 Å². The number of terminal acetylenes is 1. The number of ether oxygens (including phenoxy) is 5. The molecule has 3 amide bonds. The zero-order valence-corrected chi connectivity index (χ0v) is 29.4. The number of rotatable bonds is 32. The molecule has 0 aliphatic carbocycles. The third kappa shape index (κ3) is 25.9. The predicted octanol–water partition coefficient (Wildman–Crippen LogP) is 2.02. The fourth-order valence-electron chi connectivity index (χ4n) is 4.27. The third-order valence-electron chi connectivity index (χ3n) is 7.05. The Balaban J connectivity index is 3.87. The molecule has 0 saturated carbocycles. The maximum absolute atomic E-state index is 12.8. The van der Waals surface area contributed by atoms with Gasteiger partial charge in [0, 0.05) is 32.2 Å². The lowest BCUT2D eigenvalue weighted by molar-refractivity contribution is -0.138. The van der Waals surface area contributed by atoms with Gasteiger partial charge in [0.15, 0.2) is 5.78 Å². The number of carboxylic acids is 1. The molecule has 0 bridgehead atoms. The molecule has 0 aliphatic rings. The molecule has 0 aromatic heterocycles. The molecule has 0 rings (SSSR count). The number of aliphatic carboxylic acids is 1. The number of hydrogen-bond donors (Lipinski definition) is 4. The van der Waals surface area contributed by atoms with E-state index in [9.17, 15) is 24.0 Å². The molecule has 0 aliphatic heterocycles. The van der Waals surface area contributed by atoms with Crippen molar-refractivity contribution in [3.8, 4) is 12.3 Å². The Bertz CT molecular complexity index is 955. The average molecular weight is 686 g/mol. The number of ketones is 1. The fraction of sp³-hybridized carbons (Fsp3) is 0.794. The lowest BCUT2D eigenvalue weighted by Gasteiger charge is -2.24. The molecule has 14 heteroatoms. The van der Waals surface area contributed by atoms with Crippen LogP contribution in [0.25, 0.3) is 0 Å². The maximum Gasteiger partial charge on any atom is 0.303 e. The molecule has 0 radical (unpaired) electrons. The summed E-state index contributed by atoms with van der Waals surface area (Å²) in [5, 5.41) is 17.0. The summed E-state index contributed by atoms with van der Waals surface area (Å²) in [6.07, 6.45) is 9.85. The zero-order valence-electron chi connectivity index (χ0n) is 29.4. The van der Waals surface area contributed by atoms with E-state index in [1.165, 1.54) is 0 Å². The first-order valence-electron chi connectivity index (χ1n) is 17.0. The van der Waals surface area contributed by atoms with Gasteiger partial charge in [-0.25, -0.2) is 0 Å². The van der Waals surface area contributed by atoms with Crippen LogP contribution in [0.3, 0.4) is 0 Å². The average Bonchev–Trinajstić information content (AvgIpc) is 3.05. The summed E-state index contributed by atoms with van der Waals surface area (Å²) in [5.74, 6) is -0.0133. The summed E-state index contributed by atoms with van der Waals surface area (Å²) in [5.41, 5.74) is 0. The molecule has 0 aromatic rings. The minimum atomic E-state index is -1.10. The van der Waals surface area contributed by atoms with Crippen molar-refractivity contribution in [2.24, 2.45) is 5.92 Å². The van der Waals surface area contributed by atoms with Crippen molar-refractivity contribution in [1.82, 2.24) is 16.0 Å². The molecule has 48 heavy (non-hydrogen) atoms. The molecule has 0 spiro atoms. The lowest BCUT2D eigenvalue weighted by atomic mass is 9.97. The molecular weight excluding hydrogens is 626 g/mol. The summed E-state index contributed by atoms with van der Waals surface area (Å²) < 4.78 is 27.3. The Hall–Kier alpha value is -3.09. The van der Waals surface area contributed by atoms with Crippen molar-refractivity contribution >= 4 is 29.5 Å². The molecule has 14 nitrogen and oxygen atoms in total. The van der Waals surface area contributed by atoms with Crippen LogP contribution in [0.1, 0.15) is 85.5 Å². The van der Waals surface area contributed by atoms with Gasteiger partial charge < -0.3 is 44.7 Å². The Labute approximate surface area is 286 Å². The van der Waals surface area contributed by atoms with Gasteiger partial charge in [0.1, 0.15) is 12.6 Å². The first kappa shape index (κ1) is 44.9. The summed E-state index contributed by atoms with van der Waals surface area (Å²) >= 11 is 0. The molecule has 0 heterocycles. The second-order valence-corrected chi connectivity index (χ2v) is 11.6. The van der Waals surface area contributed by atoms with Crippen LogP contribution in [0.2, 0.25) is 0 Å². The van der Waals surface area contributed by atoms with E-state index in [0.717, 1.165) is 32.1 Å². The quantitative estimate of drug-likeness (QED) is 0.0599. The summed E-state index contributed by atoms with van der Waals surface area (Å²) in [7, 11) is 0. The van der Waals surface area contributed by atoms with E-state index < -0.39 is 29.9 Å². The van der Waals surface area contributed by atoms with E-state index in [1.807, 2.05) is 6.92 Å². The molecule has 4 N–H and O–H groups in total. The van der Waals surface area contributed by atoms with E-state index in [0.29, 0.717) is 46.2 Å². The van der Waals surface area contributed by atoms with Gasteiger partial charge in [-0.2, -0.15) is 0 Å². The summed E-state index contributed by atoms with van der Waals surface area (Å²) in [6.45, 7) is 10.1. The summed E-state index contributed by atoms with van der Waals surface area (Å²) in [4.78, 5) is 60.3. The Morgan fingerprint density at radius 2 is 1.35 bits per heavy atom. The van der Waals surface area contributed by atoms with Gasteiger partial charge in [-0.15, -0.1) is 12.3 Å². The SMILES string of the molecule is C#CCCCCCC(C)OCC(=O)NCCOCCOCCOCCOCCC(=O)N[C@H](CCC(=O)O)C(=O)N[C@H](C(=O)CC)C(C)C. The second kappa shape index (κ2) is 30.0. The highest BCUT2D eigenvalue weighted by Gasteiger charge is 2.28. The zero-order chi connectivity index (χ0) is 36.0. The van der Waals surface area contributed by atoms with Gasteiger partial charge >= 0.3 is 5.97 Å². The minimum absolute atomic E-state index is 0.0219. The van der Waals surface area contributed by atoms with Crippen LogP contribution in [0, 0.1) is 18.3 Å². The Kier molecular flexibility index (Phi) is 28.1. The van der Waals surface area contributed by atoms with Crippen molar-refractivity contribution in [2.45, 2.75) is 104 Å². The van der Waals surface area contributed by atoms with Gasteiger partial charge in [0.05, 0.1) is 65.0 Å². The molecule has 0 fully saturated rings. The van der Waals surface area contributed by atoms with Gasteiger partial charge in [-0.1, -0.05) is 33.6 Å². The Morgan fingerprint density at radius 3 is 1.92 bits per heavy atom. The van der Waals surface area contributed by atoms with Crippen LogP contribution in [-0.2, 0) is 47.7 Å². The number of nitrogens with one attached hydrogen (secondary N) is 3. The topological polar surface area (TPSA) is 188 Å². The first-order valence-corrected chi connectivity index (χ1v) is 17.0. The predicted molar refractivity (Wildman–Crippen MR) is 179 cm³/mol. The van der Waals surface area contributed by atoms with Gasteiger partial charge in [0.25, 0.3) is 0 Å². The van der Waals surface area contributed by atoms with Crippen LogP contribution in [0.15, 0.2) is 0 Å². The molecule has 3 atom stereocenters. The number of amides is 3. The van der Waals surface area contributed by atoms with Crippen LogP contribution in [-0.4, -0.2) is 119 Å². The number of carbonyl (C=O) groups excluding carboxylic acids is 4. The van der Waals surface area contributed by atoms with Crippen LogP contribution >= 0.6 is 0 Å². The number of Topliss-reactive ketones (excluding diaryl/α,β-unsaturated/α-hetero) is 1. The number of carboxylic acid groups (broad SMARTS) is 1. The van der Waals surface area contributed by atoms with Crippen molar-refractivity contribution in [3.63, 3.8) is 0 Å². The van der Waals surface area contributed by atoms with Crippen molar-refractivity contribution < 1.29 is 52.8 Å². The van der Waals surface area contributed by atoms with E-state index in [2.05, 4.69) is 21.9 Å². The third-order valence-corrected chi connectivity index (χ3v) is 7.05. The highest BCUT2D eigenvalue weighted by atomic mass is 16.6. The standard InChI is InChI=1S/C34H59N3O11/c1-6-8-9-10-11-12-27(5)48-25-31(40)35-16-18-45-20-22-47-24-23-46-21-19-44-17-15-30(39)36-28(13-14-32(41)42)34(43)37-33(26(3)4)29(38)7-2/h1,26-28,33H,7-25H2,2-5H3,(H,35,40)(H,36,39)(H,37,43)(H,41,42)/t27?,28-,33+/m1/s1. The monoisotopic (exact) mass is 685 g/mol. The number of unbranched alkanes of at least 4 members (excludes halogenated alkanes) is 3. The lowest BCUT2D eigenvalue weighted by Crippen LogP contribution is -2.53. The van der Waals surface area contributed by atoms with Crippen LogP contribution in [0.5, 0.6) is 0 Å². The van der Waals surface area contributed by atoms with Crippen molar-refractivity contribution in [2.75, 3.05) is 66.0 Å². The number of hydrogen-bond acceptors (Lipinski definition) is 10. The van der Waals surface area contributed by atoms with E-state index in [1.54, 1.807) is 20.8 Å². The molecular formula is C34H59N3O11. The van der Waals surface area contributed by atoms with Gasteiger partial charge in [-0.3, -0.25) is 24.0 Å². The number of carbonyl (C=O) groups is 5. The smallest absolute Gasteiger partial charge is 0.303 e. The van der Waals surface area contributed by atoms with Crippen molar-refractivity contribution in [1.29, 1.82) is 0 Å². The molecule has 0 aromatic carbocycles. The van der Waals surface area contributed by atoms with Gasteiger partial charge in [0.2, 0.25) is 17.7 Å². The highest BCUT2D eigenvalue weighted by molar-refractivity contribution is 5.93. The molecule has 1 unspecified atom stereocenters. The summed E-state index contributed by atoms with van der Waals surface area (Å²) in [6, 6.07) is -1.80. The van der Waals surface area contributed by atoms with E-state index >= 15 is 0 Å². The van der Waals surface area contributed by atoms with E-state index in [-0.39, 0.29) is 69.2 Å². The minimum Gasteiger partial charge on any atom is -0.481 e. The second-order valence-electron chi connectivity index (χ2n) is 11.6. The Morgan fingerprint density at radius 1 is 0.750 bits per heavy atom. The first-order chi connectivity index (χ1) is 23.0.